The van der Waals surface area contributed by atoms with Crippen LogP contribution in [0.1, 0.15) is 31.1 Å². The third-order valence-electron chi connectivity index (χ3n) is 2.27. The molecule has 0 aromatic carbocycles. The summed E-state index contributed by atoms with van der Waals surface area (Å²) in [5, 5.41) is 8.48. The number of nitrogens with zero attached hydrogens (tertiary/aromatic N) is 1. The Bertz CT molecular complexity index is 295. The fraction of sp³-hybridized carbons (Fsp3) is 0.545. The zero-order valence-electron chi connectivity index (χ0n) is 8.21. The van der Waals surface area contributed by atoms with Gasteiger partial charge in [-0.3, -0.25) is 0 Å². The molecule has 2 heteroatoms. The SMILES string of the molecule is Cc1ccoc1CCC(C)CC#N. The highest BCUT2D eigenvalue weighted by Gasteiger charge is 2.05. The molecule has 0 aliphatic rings. The van der Waals surface area contributed by atoms with Crippen LogP contribution in [0.5, 0.6) is 0 Å². The smallest absolute Gasteiger partial charge is 0.106 e. The average Bonchev–Trinajstić information content (AvgIpc) is 2.48. The highest BCUT2D eigenvalue weighted by Crippen LogP contribution is 2.15. The number of hydrogen-bond acceptors (Lipinski definition) is 2. The summed E-state index contributed by atoms with van der Waals surface area (Å²) in [6.07, 6.45) is 4.34. The van der Waals surface area contributed by atoms with E-state index in [0.29, 0.717) is 12.3 Å². The van der Waals surface area contributed by atoms with Crippen molar-refractivity contribution in [2.24, 2.45) is 5.92 Å². The number of rotatable bonds is 4. The van der Waals surface area contributed by atoms with Gasteiger partial charge in [-0.1, -0.05) is 6.92 Å². The maximum atomic E-state index is 8.48. The molecule has 1 heterocycles. The van der Waals surface area contributed by atoms with Gasteiger partial charge in [-0.15, -0.1) is 0 Å². The quantitative estimate of drug-likeness (QED) is 0.708. The first-order valence-corrected chi connectivity index (χ1v) is 4.64. The van der Waals surface area contributed by atoms with Gasteiger partial charge >= 0.3 is 0 Å². The maximum absolute atomic E-state index is 8.48. The Balaban J connectivity index is 2.36. The topological polar surface area (TPSA) is 36.9 Å². The fourth-order valence-corrected chi connectivity index (χ4v) is 1.30. The number of hydrogen-bond donors (Lipinski definition) is 0. The molecule has 1 unspecified atom stereocenters. The lowest BCUT2D eigenvalue weighted by Gasteiger charge is -2.04. The molecular formula is C11H15NO. The van der Waals surface area contributed by atoms with Crippen molar-refractivity contribution in [1.29, 1.82) is 5.26 Å². The molecule has 1 atom stereocenters. The van der Waals surface area contributed by atoms with Crippen LogP contribution in [0.15, 0.2) is 16.7 Å². The summed E-state index contributed by atoms with van der Waals surface area (Å²) in [5.41, 5.74) is 1.21. The van der Waals surface area contributed by atoms with Gasteiger partial charge in [0.2, 0.25) is 0 Å². The second-order valence-electron chi connectivity index (χ2n) is 3.53. The highest BCUT2D eigenvalue weighted by molar-refractivity contribution is 5.14. The Morgan fingerprint density at radius 3 is 2.92 bits per heavy atom. The van der Waals surface area contributed by atoms with E-state index in [1.54, 1.807) is 6.26 Å². The van der Waals surface area contributed by atoms with Gasteiger partial charge in [0, 0.05) is 12.8 Å². The molecule has 2 nitrogen and oxygen atoms in total. The summed E-state index contributed by atoms with van der Waals surface area (Å²) < 4.78 is 5.31. The largest absolute Gasteiger partial charge is 0.469 e. The molecule has 0 radical (unpaired) electrons. The van der Waals surface area contributed by atoms with Gasteiger partial charge in [-0.2, -0.15) is 5.26 Å². The third-order valence-corrected chi connectivity index (χ3v) is 2.27. The zero-order valence-corrected chi connectivity index (χ0v) is 8.21. The second-order valence-corrected chi connectivity index (χ2v) is 3.53. The van der Waals surface area contributed by atoms with Crippen molar-refractivity contribution >= 4 is 0 Å². The molecule has 1 aromatic rings. The van der Waals surface area contributed by atoms with E-state index in [1.165, 1.54) is 5.56 Å². The minimum atomic E-state index is 0.467. The molecule has 0 fully saturated rings. The van der Waals surface area contributed by atoms with E-state index in [2.05, 4.69) is 13.0 Å². The van der Waals surface area contributed by atoms with Crippen LogP contribution < -0.4 is 0 Å². The standard InChI is InChI=1S/C11H15NO/c1-9(5-7-12)3-4-11-10(2)6-8-13-11/h6,8-9H,3-5H2,1-2H3. The van der Waals surface area contributed by atoms with E-state index in [4.69, 9.17) is 9.68 Å². The van der Waals surface area contributed by atoms with Crippen molar-refractivity contribution in [2.75, 3.05) is 0 Å². The summed E-state index contributed by atoms with van der Waals surface area (Å²) in [6, 6.07) is 4.16. The van der Waals surface area contributed by atoms with E-state index >= 15 is 0 Å². The van der Waals surface area contributed by atoms with Crippen molar-refractivity contribution in [3.05, 3.63) is 23.7 Å². The molecular weight excluding hydrogens is 162 g/mol. The number of aryl methyl sites for hydroxylation is 2. The lowest BCUT2D eigenvalue weighted by Crippen LogP contribution is -1.96. The van der Waals surface area contributed by atoms with Crippen molar-refractivity contribution in [3.8, 4) is 6.07 Å². The fourth-order valence-electron chi connectivity index (χ4n) is 1.30. The Labute approximate surface area is 79.2 Å². The average molecular weight is 177 g/mol. The first-order chi connectivity index (χ1) is 6.24. The molecule has 0 saturated carbocycles. The Morgan fingerprint density at radius 2 is 2.38 bits per heavy atom. The second kappa shape index (κ2) is 4.71. The minimum Gasteiger partial charge on any atom is -0.469 e. The molecule has 0 spiro atoms. The Hall–Kier alpha value is -1.23. The van der Waals surface area contributed by atoms with Gasteiger partial charge in [0.25, 0.3) is 0 Å². The molecule has 0 aliphatic heterocycles. The van der Waals surface area contributed by atoms with Crippen LogP contribution in [-0.2, 0) is 6.42 Å². The lowest BCUT2D eigenvalue weighted by molar-refractivity contribution is 0.462. The lowest BCUT2D eigenvalue weighted by atomic mass is 10.0. The predicted molar refractivity (Wildman–Crippen MR) is 51.2 cm³/mol. The predicted octanol–water partition coefficient (Wildman–Crippen LogP) is 3.07. The minimum absolute atomic E-state index is 0.467. The highest BCUT2D eigenvalue weighted by atomic mass is 16.3. The Morgan fingerprint density at radius 1 is 1.62 bits per heavy atom. The van der Waals surface area contributed by atoms with Gasteiger partial charge in [-0.25, -0.2) is 0 Å². The van der Waals surface area contributed by atoms with Crippen LogP contribution in [0.25, 0.3) is 0 Å². The first kappa shape index (κ1) is 9.85. The summed E-state index contributed by atoms with van der Waals surface area (Å²) >= 11 is 0. The van der Waals surface area contributed by atoms with Crippen LogP contribution in [-0.4, -0.2) is 0 Å². The molecule has 0 bridgehead atoms. The maximum Gasteiger partial charge on any atom is 0.106 e. The molecule has 1 rings (SSSR count). The van der Waals surface area contributed by atoms with Gasteiger partial charge in [0.05, 0.1) is 12.3 Å². The van der Waals surface area contributed by atoms with Crippen molar-refractivity contribution in [2.45, 2.75) is 33.1 Å². The third kappa shape index (κ3) is 2.95. The molecule has 0 aliphatic carbocycles. The molecule has 1 aromatic heterocycles. The molecule has 0 N–H and O–H groups in total. The van der Waals surface area contributed by atoms with E-state index < -0.39 is 0 Å². The zero-order chi connectivity index (χ0) is 9.68. The van der Waals surface area contributed by atoms with Crippen LogP contribution in [0.4, 0.5) is 0 Å². The van der Waals surface area contributed by atoms with Crippen molar-refractivity contribution in [1.82, 2.24) is 0 Å². The van der Waals surface area contributed by atoms with E-state index in [1.807, 2.05) is 13.0 Å². The van der Waals surface area contributed by atoms with Crippen LogP contribution >= 0.6 is 0 Å². The molecule has 0 amide bonds. The van der Waals surface area contributed by atoms with E-state index in [9.17, 15) is 0 Å². The summed E-state index contributed by atoms with van der Waals surface area (Å²) in [5.74, 6) is 1.53. The van der Waals surface area contributed by atoms with Gasteiger partial charge < -0.3 is 4.42 Å². The van der Waals surface area contributed by atoms with E-state index in [-0.39, 0.29) is 0 Å². The number of furan rings is 1. The van der Waals surface area contributed by atoms with Crippen molar-refractivity contribution in [3.63, 3.8) is 0 Å². The summed E-state index contributed by atoms with van der Waals surface area (Å²) in [4.78, 5) is 0. The van der Waals surface area contributed by atoms with Crippen LogP contribution in [0, 0.1) is 24.2 Å². The van der Waals surface area contributed by atoms with E-state index in [0.717, 1.165) is 18.6 Å². The van der Waals surface area contributed by atoms with Crippen LogP contribution in [0.2, 0.25) is 0 Å². The first-order valence-electron chi connectivity index (χ1n) is 4.64. The Kier molecular flexibility index (Phi) is 3.57. The summed E-state index contributed by atoms with van der Waals surface area (Å²) in [7, 11) is 0. The molecule has 13 heavy (non-hydrogen) atoms. The van der Waals surface area contributed by atoms with Gasteiger partial charge in [0.1, 0.15) is 5.76 Å². The van der Waals surface area contributed by atoms with Gasteiger partial charge in [0.15, 0.2) is 0 Å². The normalized spacial score (nSPS) is 12.4. The molecule has 70 valence electrons. The number of nitriles is 1. The van der Waals surface area contributed by atoms with Gasteiger partial charge in [-0.05, 0) is 30.9 Å². The van der Waals surface area contributed by atoms with Crippen LogP contribution in [0.3, 0.4) is 0 Å². The van der Waals surface area contributed by atoms with Crippen molar-refractivity contribution < 1.29 is 4.42 Å². The monoisotopic (exact) mass is 177 g/mol. The molecule has 0 saturated heterocycles. The summed E-state index contributed by atoms with van der Waals surface area (Å²) in [6.45, 7) is 4.15.